The molecule has 0 amide bonds. The fourth-order valence-corrected chi connectivity index (χ4v) is 3.16. The minimum atomic E-state index is -1.66. The normalized spacial score (nSPS) is 24.2. The van der Waals surface area contributed by atoms with Gasteiger partial charge in [-0.15, -0.1) is 0 Å². The maximum atomic E-state index is 12.4. The standard InChI is InChI=1S/C20H21ClO12/c1-8(22)29-14-15(30-9(2)23)17(31-10(3)24)20(33-16(14)19(27)28-4)32-13-6-5-11(18(21)26)7-12(13)25/h5-7,14-17,20,25H,1-4H3/t14-,15-,16-,17+,20+/m0/s1. The second kappa shape index (κ2) is 11.0. The Hall–Kier alpha value is -3.38. The Labute approximate surface area is 192 Å². The predicted octanol–water partition coefficient (Wildman–Crippen LogP) is 0.843. The summed E-state index contributed by atoms with van der Waals surface area (Å²) in [6.45, 7) is 3.13. The number of carbonyl (C=O) groups is 5. The van der Waals surface area contributed by atoms with E-state index in [1.165, 1.54) is 12.1 Å². The summed E-state index contributed by atoms with van der Waals surface area (Å²) in [5.74, 6) is -4.36. The molecule has 1 saturated heterocycles. The van der Waals surface area contributed by atoms with Crippen LogP contribution in [0, 0.1) is 0 Å². The van der Waals surface area contributed by atoms with Crippen LogP contribution in [0.1, 0.15) is 31.1 Å². The molecule has 1 aliphatic heterocycles. The lowest BCUT2D eigenvalue weighted by Gasteiger charge is -2.43. The van der Waals surface area contributed by atoms with E-state index in [1.54, 1.807) is 0 Å². The number of hydrogen-bond donors (Lipinski definition) is 1. The highest BCUT2D eigenvalue weighted by molar-refractivity contribution is 6.67. The van der Waals surface area contributed by atoms with Crippen molar-refractivity contribution in [3.8, 4) is 11.5 Å². The first kappa shape index (κ1) is 25.9. The molecule has 33 heavy (non-hydrogen) atoms. The smallest absolute Gasteiger partial charge is 0.339 e. The first-order valence-corrected chi connectivity index (χ1v) is 9.76. The van der Waals surface area contributed by atoms with Crippen molar-refractivity contribution in [2.24, 2.45) is 0 Å². The Bertz CT molecular complexity index is 945. The van der Waals surface area contributed by atoms with Crippen LogP contribution in [-0.4, -0.2) is 72.0 Å². The molecular formula is C20H21ClO12. The van der Waals surface area contributed by atoms with Crippen molar-refractivity contribution in [2.75, 3.05) is 7.11 Å². The largest absolute Gasteiger partial charge is 0.504 e. The van der Waals surface area contributed by atoms with Gasteiger partial charge in [-0.05, 0) is 29.8 Å². The Balaban J connectivity index is 2.52. The number of halogens is 1. The van der Waals surface area contributed by atoms with Crippen LogP contribution in [0.25, 0.3) is 0 Å². The van der Waals surface area contributed by atoms with Crippen molar-refractivity contribution >= 4 is 40.7 Å². The molecule has 5 atom stereocenters. The van der Waals surface area contributed by atoms with Crippen LogP contribution < -0.4 is 4.74 Å². The van der Waals surface area contributed by atoms with Gasteiger partial charge >= 0.3 is 23.9 Å². The number of carbonyl (C=O) groups excluding carboxylic acids is 5. The average molecular weight is 489 g/mol. The molecule has 1 aromatic carbocycles. The lowest BCUT2D eigenvalue weighted by molar-refractivity contribution is -0.282. The van der Waals surface area contributed by atoms with E-state index in [4.69, 9.17) is 35.3 Å². The maximum absolute atomic E-state index is 12.4. The van der Waals surface area contributed by atoms with E-state index >= 15 is 0 Å². The molecule has 0 radical (unpaired) electrons. The lowest BCUT2D eigenvalue weighted by Crippen LogP contribution is -2.64. The molecule has 2 rings (SSSR count). The van der Waals surface area contributed by atoms with Gasteiger partial charge in [-0.25, -0.2) is 4.79 Å². The Morgan fingerprint density at radius 1 is 0.909 bits per heavy atom. The van der Waals surface area contributed by atoms with E-state index < -0.39 is 65.6 Å². The number of phenolic OH excluding ortho intramolecular Hbond substituents is 1. The predicted molar refractivity (Wildman–Crippen MR) is 106 cm³/mol. The van der Waals surface area contributed by atoms with E-state index in [9.17, 15) is 29.1 Å². The van der Waals surface area contributed by atoms with Gasteiger partial charge in [-0.2, -0.15) is 0 Å². The Morgan fingerprint density at radius 2 is 1.45 bits per heavy atom. The van der Waals surface area contributed by atoms with Crippen LogP contribution in [0.15, 0.2) is 18.2 Å². The number of phenols is 1. The van der Waals surface area contributed by atoms with E-state index in [0.29, 0.717) is 0 Å². The van der Waals surface area contributed by atoms with Gasteiger partial charge in [-0.3, -0.25) is 19.2 Å². The molecule has 1 N–H and O–H groups in total. The van der Waals surface area contributed by atoms with Crippen LogP contribution in [0.3, 0.4) is 0 Å². The molecule has 13 heteroatoms. The highest BCUT2D eigenvalue weighted by Crippen LogP contribution is 2.34. The third-order valence-electron chi connectivity index (χ3n) is 4.26. The minimum absolute atomic E-state index is 0.0391. The number of methoxy groups -OCH3 is 1. The van der Waals surface area contributed by atoms with E-state index in [1.807, 2.05) is 0 Å². The van der Waals surface area contributed by atoms with E-state index in [0.717, 1.165) is 33.9 Å². The number of esters is 4. The van der Waals surface area contributed by atoms with Crippen LogP contribution in [-0.2, 0) is 42.9 Å². The van der Waals surface area contributed by atoms with E-state index in [-0.39, 0.29) is 11.3 Å². The van der Waals surface area contributed by atoms with Crippen molar-refractivity contribution < 1.29 is 57.5 Å². The van der Waals surface area contributed by atoms with Gasteiger partial charge in [0.25, 0.3) is 5.24 Å². The zero-order chi connectivity index (χ0) is 24.9. The van der Waals surface area contributed by atoms with Crippen molar-refractivity contribution in [1.29, 1.82) is 0 Å². The molecular weight excluding hydrogens is 468 g/mol. The molecule has 1 aromatic rings. The van der Waals surface area contributed by atoms with Crippen LogP contribution in [0.2, 0.25) is 0 Å². The first-order chi connectivity index (χ1) is 15.4. The molecule has 0 aromatic heterocycles. The van der Waals surface area contributed by atoms with Gasteiger partial charge < -0.3 is 33.5 Å². The molecule has 12 nitrogen and oxygen atoms in total. The van der Waals surface area contributed by atoms with Crippen molar-refractivity contribution in [1.82, 2.24) is 0 Å². The monoisotopic (exact) mass is 488 g/mol. The molecule has 0 bridgehead atoms. The SMILES string of the molecule is COC(=O)[C@H]1O[C@@H](Oc2ccc(C(=O)Cl)cc2O)[C@H](OC(C)=O)[C@@H](OC(C)=O)[C@@H]1OC(C)=O. The van der Waals surface area contributed by atoms with Crippen molar-refractivity contribution in [3.05, 3.63) is 23.8 Å². The van der Waals surface area contributed by atoms with Crippen molar-refractivity contribution in [3.63, 3.8) is 0 Å². The minimum Gasteiger partial charge on any atom is -0.504 e. The topological polar surface area (TPSA) is 161 Å². The molecule has 0 unspecified atom stereocenters. The molecule has 0 spiro atoms. The molecule has 0 saturated carbocycles. The molecule has 180 valence electrons. The van der Waals surface area contributed by atoms with Gasteiger partial charge in [0.2, 0.25) is 12.4 Å². The number of ether oxygens (including phenoxy) is 6. The van der Waals surface area contributed by atoms with Crippen LogP contribution in [0.4, 0.5) is 0 Å². The van der Waals surface area contributed by atoms with Gasteiger partial charge in [0.15, 0.2) is 29.8 Å². The fourth-order valence-electron chi connectivity index (χ4n) is 3.04. The number of hydrogen-bond acceptors (Lipinski definition) is 12. The number of aromatic hydroxyl groups is 1. The lowest BCUT2D eigenvalue weighted by atomic mass is 9.97. The van der Waals surface area contributed by atoms with E-state index in [2.05, 4.69) is 4.74 Å². The first-order valence-electron chi connectivity index (χ1n) is 9.39. The van der Waals surface area contributed by atoms with Crippen molar-refractivity contribution in [2.45, 2.75) is 51.5 Å². The summed E-state index contributed by atoms with van der Waals surface area (Å²) in [4.78, 5) is 58.8. The van der Waals surface area contributed by atoms with Crippen LogP contribution in [0.5, 0.6) is 11.5 Å². The number of benzene rings is 1. The second-order valence-corrected chi connectivity index (χ2v) is 7.09. The zero-order valence-corrected chi connectivity index (χ0v) is 18.7. The average Bonchev–Trinajstić information content (AvgIpc) is 2.71. The summed E-state index contributed by atoms with van der Waals surface area (Å²) in [5.41, 5.74) is -0.0391. The van der Waals surface area contributed by atoms with Gasteiger partial charge in [0.05, 0.1) is 7.11 Å². The quantitative estimate of drug-likeness (QED) is 0.327. The zero-order valence-electron chi connectivity index (χ0n) is 17.9. The fraction of sp³-hybridized carbons (Fsp3) is 0.450. The third-order valence-corrected chi connectivity index (χ3v) is 4.48. The van der Waals surface area contributed by atoms with Gasteiger partial charge in [0.1, 0.15) is 0 Å². The third kappa shape index (κ3) is 6.56. The summed E-state index contributed by atoms with van der Waals surface area (Å²) in [7, 11) is 1.04. The Kier molecular flexibility index (Phi) is 8.60. The Morgan fingerprint density at radius 3 is 1.94 bits per heavy atom. The summed E-state index contributed by atoms with van der Waals surface area (Å²) in [6, 6.07) is 3.42. The summed E-state index contributed by atoms with van der Waals surface area (Å²) >= 11 is 5.38. The molecule has 1 heterocycles. The van der Waals surface area contributed by atoms with Crippen LogP contribution >= 0.6 is 11.6 Å². The highest BCUT2D eigenvalue weighted by atomic mass is 35.5. The molecule has 1 aliphatic rings. The van der Waals surface area contributed by atoms with Gasteiger partial charge in [0, 0.05) is 26.3 Å². The molecule has 0 aliphatic carbocycles. The summed E-state index contributed by atoms with van der Waals surface area (Å²) in [6.07, 6.45) is -7.98. The number of rotatable bonds is 7. The summed E-state index contributed by atoms with van der Waals surface area (Å²) in [5, 5.41) is 9.36. The summed E-state index contributed by atoms with van der Waals surface area (Å²) < 4.78 is 31.4. The molecule has 1 fully saturated rings. The second-order valence-electron chi connectivity index (χ2n) is 6.74. The highest BCUT2D eigenvalue weighted by Gasteiger charge is 2.56. The maximum Gasteiger partial charge on any atom is 0.339 e. The van der Waals surface area contributed by atoms with Gasteiger partial charge in [-0.1, -0.05) is 0 Å².